The van der Waals surface area contributed by atoms with Crippen LogP contribution in [0.5, 0.6) is 0 Å². The van der Waals surface area contributed by atoms with Gasteiger partial charge < -0.3 is 4.74 Å². The number of hydrogen-bond donors (Lipinski definition) is 0. The lowest BCUT2D eigenvalue weighted by atomic mass is 10.1. The molecule has 1 rings (SSSR count). The Morgan fingerprint density at radius 2 is 2.29 bits per heavy atom. The molecule has 0 saturated heterocycles. The Labute approximate surface area is 110 Å². The minimum Gasteiger partial charge on any atom is -0.466 e. The van der Waals surface area contributed by atoms with Gasteiger partial charge >= 0.3 is 5.97 Å². The second-order valence-electron chi connectivity index (χ2n) is 3.57. The van der Waals surface area contributed by atoms with E-state index in [1.807, 2.05) is 18.2 Å². The number of esters is 1. The van der Waals surface area contributed by atoms with Crippen LogP contribution in [0.1, 0.15) is 24.5 Å². The molecule has 0 amide bonds. The van der Waals surface area contributed by atoms with Crippen LogP contribution in [0.25, 0.3) is 0 Å². The van der Waals surface area contributed by atoms with E-state index in [-0.39, 0.29) is 12.4 Å². The smallest absolute Gasteiger partial charge is 0.310 e. The highest BCUT2D eigenvalue weighted by atomic mass is 79.9. The average molecular weight is 296 g/mol. The molecule has 0 radical (unpaired) electrons. The molecule has 17 heavy (non-hydrogen) atoms. The maximum atomic E-state index is 11.3. The van der Waals surface area contributed by atoms with Crippen LogP contribution in [0.15, 0.2) is 22.7 Å². The number of aryl methyl sites for hydroxylation is 1. The largest absolute Gasteiger partial charge is 0.466 e. The molecule has 0 N–H and O–H groups in total. The van der Waals surface area contributed by atoms with E-state index in [2.05, 4.69) is 22.0 Å². The molecule has 0 aliphatic rings. The van der Waals surface area contributed by atoms with Crippen LogP contribution in [0.2, 0.25) is 0 Å². The normalized spacial score (nSPS) is 9.71. The maximum absolute atomic E-state index is 11.3. The van der Waals surface area contributed by atoms with E-state index in [0.29, 0.717) is 13.0 Å². The summed E-state index contributed by atoms with van der Waals surface area (Å²) in [5.74, 6) is -0.224. The first kappa shape index (κ1) is 13.7. The van der Waals surface area contributed by atoms with Crippen LogP contribution in [0.3, 0.4) is 0 Å². The molecule has 0 unspecified atom stereocenters. The maximum Gasteiger partial charge on any atom is 0.310 e. The number of halogens is 1. The predicted molar refractivity (Wildman–Crippen MR) is 68.4 cm³/mol. The van der Waals surface area contributed by atoms with Crippen molar-refractivity contribution in [1.82, 2.24) is 0 Å². The number of nitrogens with zero attached hydrogens (tertiary/aromatic N) is 1. The fourth-order valence-corrected chi connectivity index (χ4v) is 2.02. The number of carbonyl (C=O) groups excluding carboxylic acids is 1. The van der Waals surface area contributed by atoms with Gasteiger partial charge in [-0.2, -0.15) is 5.26 Å². The van der Waals surface area contributed by atoms with Crippen molar-refractivity contribution in [3.8, 4) is 6.07 Å². The summed E-state index contributed by atoms with van der Waals surface area (Å²) in [6, 6.07) is 7.90. The van der Waals surface area contributed by atoms with Gasteiger partial charge in [0.1, 0.15) is 0 Å². The van der Waals surface area contributed by atoms with Crippen LogP contribution in [-0.2, 0) is 22.4 Å². The summed E-state index contributed by atoms with van der Waals surface area (Å²) in [5, 5.41) is 8.51. The van der Waals surface area contributed by atoms with Crippen molar-refractivity contribution in [2.24, 2.45) is 0 Å². The SMILES string of the molecule is CCOC(=O)Cc1ccc(CCC#N)cc1Br. The van der Waals surface area contributed by atoms with Crippen LogP contribution < -0.4 is 0 Å². The number of nitriles is 1. The van der Waals surface area contributed by atoms with E-state index in [1.54, 1.807) is 6.92 Å². The zero-order valence-electron chi connectivity index (χ0n) is 9.70. The fraction of sp³-hybridized carbons (Fsp3) is 0.385. The van der Waals surface area contributed by atoms with Gasteiger partial charge in [0.2, 0.25) is 0 Å². The quantitative estimate of drug-likeness (QED) is 0.785. The molecule has 0 aliphatic heterocycles. The number of benzene rings is 1. The standard InChI is InChI=1S/C13H14BrNO2/c1-2-17-13(16)9-11-6-5-10(4-3-7-15)8-12(11)14/h5-6,8H,2-4,9H2,1H3. The third-order valence-corrected chi connectivity index (χ3v) is 3.02. The van der Waals surface area contributed by atoms with Gasteiger partial charge in [-0.25, -0.2) is 0 Å². The Bertz CT molecular complexity index is 438. The summed E-state index contributed by atoms with van der Waals surface area (Å²) in [6.45, 7) is 2.19. The molecule has 0 saturated carbocycles. The minimum absolute atomic E-state index is 0.224. The Morgan fingerprint density at radius 3 is 2.88 bits per heavy atom. The predicted octanol–water partition coefficient (Wildman–Crippen LogP) is 3.01. The van der Waals surface area contributed by atoms with E-state index in [0.717, 1.165) is 22.0 Å². The van der Waals surface area contributed by atoms with Gasteiger partial charge in [-0.05, 0) is 30.5 Å². The summed E-state index contributed by atoms with van der Waals surface area (Å²) in [6.07, 6.45) is 1.51. The van der Waals surface area contributed by atoms with Crippen LogP contribution in [0, 0.1) is 11.3 Å². The molecular formula is C13H14BrNO2. The van der Waals surface area contributed by atoms with Crippen molar-refractivity contribution in [3.63, 3.8) is 0 Å². The Hall–Kier alpha value is -1.34. The molecule has 0 atom stereocenters. The molecule has 0 aromatic heterocycles. The van der Waals surface area contributed by atoms with Gasteiger partial charge in [-0.1, -0.05) is 28.1 Å². The molecule has 1 aromatic carbocycles. The van der Waals surface area contributed by atoms with Gasteiger partial charge in [-0.3, -0.25) is 4.79 Å². The van der Waals surface area contributed by atoms with Gasteiger partial charge in [0.15, 0.2) is 0 Å². The number of carbonyl (C=O) groups is 1. The number of rotatable bonds is 5. The highest BCUT2D eigenvalue weighted by molar-refractivity contribution is 9.10. The second-order valence-corrected chi connectivity index (χ2v) is 4.42. The lowest BCUT2D eigenvalue weighted by molar-refractivity contribution is -0.142. The zero-order chi connectivity index (χ0) is 12.7. The van der Waals surface area contributed by atoms with E-state index in [1.165, 1.54) is 0 Å². The zero-order valence-corrected chi connectivity index (χ0v) is 11.3. The highest BCUT2D eigenvalue weighted by Gasteiger charge is 2.08. The van der Waals surface area contributed by atoms with E-state index < -0.39 is 0 Å². The Balaban J connectivity index is 2.69. The molecular weight excluding hydrogens is 282 g/mol. The van der Waals surface area contributed by atoms with Crippen molar-refractivity contribution in [2.75, 3.05) is 6.61 Å². The van der Waals surface area contributed by atoms with Crippen molar-refractivity contribution >= 4 is 21.9 Å². The third-order valence-electron chi connectivity index (χ3n) is 2.28. The molecule has 0 fully saturated rings. The molecule has 4 heteroatoms. The topological polar surface area (TPSA) is 50.1 Å². The summed E-state index contributed by atoms with van der Waals surface area (Å²) in [5.41, 5.74) is 2.00. The molecule has 1 aromatic rings. The van der Waals surface area contributed by atoms with E-state index >= 15 is 0 Å². The summed E-state index contributed by atoms with van der Waals surface area (Å²) in [7, 11) is 0. The lowest BCUT2D eigenvalue weighted by Crippen LogP contribution is -2.08. The minimum atomic E-state index is -0.224. The van der Waals surface area contributed by atoms with Gasteiger partial charge in [0.25, 0.3) is 0 Å². The van der Waals surface area contributed by atoms with Gasteiger partial charge in [-0.15, -0.1) is 0 Å². The van der Waals surface area contributed by atoms with Gasteiger partial charge in [0, 0.05) is 10.9 Å². The fourth-order valence-electron chi connectivity index (χ4n) is 1.46. The van der Waals surface area contributed by atoms with Crippen molar-refractivity contribution < 1.29 is 9.53 Å². The highest BCUT2D eigenvalue weighted by Crippen LogP contribution is 2.20. The van der Waals surface area contributed by atoms with Crippen molar-refractivity contribution in [1.29, 1.82) is 5.26 Å². The molecule has 0 spiro atoms. The molecule has 3 nitrogen and oxygen atoms in total. The third kappa shape index (κ3) is 4.58. The molecule has 0 heterocycles. The lowest BCUT2D eigenvalue weighted by Gasteiger charge is -2.06. The molecule has 0 bridgehead atoms. The number of hydrogen-bond acceptors (Lipinski definition) is 3. The van der Waals surface area contributed by atoms with Gasteiger partial charge in [0.05, 0.1) is 19.1 Å². The Morgan fingerprint density at radius 1 is 1.53 bits per heavy atom. The summed E-state index contributed by atoms with van der Waals surface area (Å²) < 4.78 is 5.78. The van der Waals surface area contributed by atoms with Crippen LogP contribution >= 0.6 is 15.9 Å². The molecule has 90 valence electrons. The monoisotopic (exact) mass is 295 g/mol. The van der Waals surface area contributed by atoms with Crippen LogP contribution in [-0.4, -0.2) is 12.6 Å². The van der Waals surface area contributed by atoms with E-state index in [4.69, 9.17) is 10.00 Å². The van der Waals surface area contributed by atoms with Crippen molar-refractivity contribution in [2.45, 2.75) is 26.2 Å². The van der Waals surface area contributed by atoms with Crippen molar-refractivity contribution in [3.05, 3.63) is 33.8 Å². The summed E-state index contributed by atoms with van der Waals surface area (Å²) in [4.78, 5) is 11.3. The first-order valence-corrected chi connectivity index (χ1v) is 6.26. The summed E-state index contributed by atoms with van der Waals surface area (Å²) >= 11 is 3.43. The number of ether oxygens (including phenoxy) is 1. The Kier molecular flexibility index (Phi) is 5.71. The van der Waals surface area contributed by atoms with E-state index in [9.17, 15) is 4.79 Å². The first-order chi connectivity index (χ1) is 8.17. The first-order valence-electron chi connectivity index (χ1n) is 5.47. The molecule has 0 aliphatic carbocycles. The average Bonchev–Trinajstić information content (AvgIpc) is 2.30. The second kappa shape index (κ2) is 7.08. The van der Waals surface area contributed by atoms with Crippen LogP contribution in [0.4, 0.5) is 0 Å².